The second-order valence-corrected chi connectivity index (χ2v) is 0.326. The fraction of sp³-hybridized carbons (Fsp3) is 0. The third-order valence-corrected chi connectivity index (χ3v) is 0. The molecule has 0 aromatic carbocycles. The van der Waals surface area contributed by atoms with Gasteiger partial charge in [0.25, 0.3) is 0 Å². The molecule has 0 aromatic heterocycles. The van der Waals surface area contributed by atoms with Gasteiger partial charge in [-0.25, -0.2) is 0 Å². The summed E-state index contributed by atoms with van der Waals surface area (Å²) >= 11 is 2.79. The topological polar surface area (TPSA) is 55.3 Å². The Labute approximate surface area is 89.4 Å². The average Bonchev–Trinajstić information content (AvgIpc) is 0.918. The fourth-order valence-electron chi connectivity index (χ4n) is 0. The Balaban J connectivity index is -0.00000000667. The van der Waals surface area contributed by atoms with Crippen LogP contribution >= 0.6 is 0 Å². The number of nitrogens with zero attached hydrogens (tertiary/aromatic N) is 1. The molecule has 0 rings (SSSR count). The van der Waals surface area contributed by atoms with Crippen LogP contribution in [0, 0.1) is 10.2 Å². The molecule has 2 nitrogen and oxygen atoms in total. The summed E-state index contributed by atoms with van der Waals surface area (Å²) in [4.78, 5) is 1.50. The van der Waals surface area contributed by atoms with Crippen LogP contribution in [0.5, 0.6) is 0 Å². The third-order valence-electron chi connectivity index (χ3n) is 0. The first-order chi connectivity index (χ1) is 1.41. The monoisotopic (exact) mass is 148 g/mol. The van der Waals surface area contributed by atoms with Crippen LogP contribution < -0.4 is 0 Å². The van der Waals surface area contributed by atoms with Crippen LogP contribution in [0.4, 0.5) is 0 Å². The number of hydrogen-bond donors (Lipinski definition) is 0. The van der Waals surface area contributed by atoms with E-state index in [4.69, 9.17) is 5.26 Å². The molecule has 0 unspecified atom stereocenters. The van der Waals surface area contributed by atoms with Crippen LogP contribution in [-0.2, 0) is 16.0 Å². The molecule has 0 bridgehead atoms. The van der Waals surface area contributed by atoms with E-state index in [0.29, 0.717) is 0 Å². The number of hydrogen-bond acceptors (Lipinski definition) is 1. The van der Waals surface area contributed by atoms with E-state index in [1.54, 1.807) is 0 Å². The molecule has 0 aromatic rings. The summed E-state index contributed by atoms with van der Waals surface area (Å²) < 4.78 is 0. The summed E-state index contributed by atoms with van der Waals surface area (Å²) in [6.07, 6.45) is 0. The SMILES string of the molecule is N#[C][Fe].O.[NaH].[NaH]. The zero-order valence-electron chi connectivity index (χ0n) is 1.80. The van der Waals surface area contributed by atoms with E-state index in [0.717, 1.165) is 0 Å². The zero-order chi connectivity index (χ0) is 2.71. The van der Waals surface area contributed by atoms with Gasteiger partial charge in [0.15, 0.2) is 0 Å². The van der Waals surface area contributed by atoms with Crippen LogP contribution in [0.15, 0.2) is 0 Å². The van der Waals surface area contributed by atoms with Gasteiger partial charge in [-0.3, -0.25) is 0 Å². The summed E-state index contributed by atoms with van der Waals surface area (Å²) in [7, 11) is 0. The molecule has 0 amide bonds. The predicted octanol–water partition coefficient (Wildman–Crippen LogP) is -2.11. The van der Waals surface area contributed by atoms with Gasteiger partial charge < -0.3 is 5.48 Å². The predicted molar refractivity (Wildman–Crippen MR) is 23.5 cm³/mol. The average molecular weight is 148 g/mol. The summed E-state index contributed by atoms with van der Waals surface area (Å²) in [5, 5.41) is 7.21. The van der Waals surface area contributed by atoms with Crippen molar-refractivity contribution in [1.29, 1.82) is 5.26 Å². The number of rotatable bonds is 0. The van der Waals surface area contributed by atoms with Crippen molar-refractivity contribution < 1.29 is 21.5 Å². The summed E-state index contributed by atoms with van der Waals surface area (Å²) in [5.74, 6) is 0. The quantitative estimate of drug-likeness (QED) is 0.362. The molecular weight excluding hydrogens is 144 g/mol. The standard InChI is InChI=1S/CN.Fe.2Na.H2O.2H/c1-2;;;;;;/h;;;;1H2;;. The first-order valence-electron chi connectivity index (χ1n) is 0.400. The van der Waals surface area contributed by atoms with Crippen molar-refractivity contribution in [2.75, 3.05) is 0 Å². The van der Waals surface area contributed by atoms with Gasteiger partial charge in [-0.15, -0.1) is 0 Å². The van der Waals surface area contributed by atoms with Crippen LogP contribution in [0.3, 0.4) is 0 Å². The second-order valence-electron chi connectivity index (χ2n) is 0.0791. The van der Waals surface area contributed by atoms with Crippen LogP contribution in [-0.4, -0.2) is 64.6 Å². The van der Waals surface area contributed by atoms with Gasteiger partial charge in [0, 0.05) is 0 Å². The molecule has 5 heteroatoms. The Morgan fingerprint density at radius 2 is 1.33 bits per heavy atom. The molecule has 0 fully saturated rings. The molecule has 0 saturated carbocycles. The van der Waals surface area contributed by atoms with Crippen molar-refractivity contribution in [3.05, 3.63) is 0 Å². The maximum atomic E-state index is 7.21. The van der Waals surface area contributed by atoms with Crippen LogP contribution in [0.1, 0.15) is 0 Å². The summed E-state index contributed by atoms with van der Waals surface area (Å²) in [6, 6.07) is 0. The molecule has 2 N–H and O–H groups in total. The Morgan fingerprint density at radius 1 is 1.33 bits per heavy atom. The van der Waals surface area contributed by atoms with Crippen molar-refractivity contribution in [1.82, 2.24) is 0 Å². The summed E-state index contributed by atoms with van der Waals surface area (Å²) in [5.41, 5.74) is 0. The van der Waals surface area contributed by atoms with Crippen molar-refractivity contribution in [2.24, 2.45) is 0 Å². The van der Waals surface area contributed by atoms with E-state index in [-0.39, 0.29) is 64.6 Å². The van der Waals surface area contributed by atoms with Crippen molar-refractivity contribution >= 4 is 59.1 Å². The van der Waals surface area contributed by atoms with Gasteiger partial charge in [-0.2, -0.15) is 0 Å². The Hall–Kier alpha value is 1.97. The van der Waals surface area contributed by atoms with E-state index in [9.17, 15) is 0 Å². The molecule has 0 saturated heterocycles. The Kier molecular flexibility index (Phi) is 115. The first-order valence-corrected chi connectivity index (χ1v) is 0.952. The molecular formula is CH4FeNNa2O. The van der Waals surface area contributed by atoms with Crippen LogP contribution in [0.25, 0.3) is 0 Å². The van der Waals surface area contributed by atoms with E-state index < -0.39 is 0 Å². The molecule has 0 aliphatic heterocycles. The van der Waals surface area contributed by atoms with Gasteiger partial charge in [0.1, 0.15) is 0 Å². The molecule has 0 heterocycles. The molecule has 29 valence electrons. The Bertz CT molecular complexity index is 35.0. The van der Waals surface area contributed by atoms with Crippen molar-refractivity contribution in [2.45, 2.75) is 0 Å². The summed E-state index contributed by atoms with van der Waals surface area (Å²) in [6.45, 7) is 0. The minimum atomic E-state index is 0. The van der Waals surface area contributed by atoms with Gasteiger partial charge in [0.05, 0.1) is 0 Å². The van der Waals surface area contributed by atoms with E-state index >= 15 is 0 Å². The Morgan fingerprint density at radius 3 is 1.33 bits per heavy atom. The maximum absolute atomic E-state index is 7.21. The van der Waals surface area contributed by atoms with E-state index in [1.165, 1.54) is 4.97 Å². The van der Waals surface area contributed by atoms with Gasteiger partial charge in [-0.1, -0.05) is 0 Å². The first kappa shape index (κ1) is 24.6. The van der Waals surface area contributed by atoms with Crippen LogP contribution in [0.2, 0.25) is 0 Å². The number of nitriles is 1. The van der Waals surface area contributed by atoms with Crippen molar-refractivity contribution in [3.63, 3.8) is 0 Å². The van der Waals surface area contributed by atoms with E-state index in [2.05, 4.69) is 16.0 Å². The normalized spacial score (nSPS) is 1.33. The third kappa shape index (κ3) is 38.0. The van der Waals surface area contributed by atoms with Gasteiger partial charge in [0.2, 0.25) is 0 Å². The minimum absolute atomic E-state index is 0. The van der Waals surface area contributed by atoms with Crippen molar-refractivity contribution in [3.8, 4) is 4.97 Å². The molecule has 0 spiro atoms. The molecule has 0 radical (unpaired) electrons. The zero-order valence-corrected chi connectivity index (χ0v) is 2.90. The van der Waals surface area contributed by atoms with Gasteiger partial charge in [-0.05, 0) is 0 Å². The van der Waals surface area contributed by atoms with E-state index in [1.807, 2.05) is 0 Å². The molecule has 0 atom stereocenters. The molecule has 0 aliphatic carbocycles. The molecule has 0 aliphatic rings. The second kappa shape index (κ2) is 28.2. The molecule has 6 heavy (non-hydrogen) atoms. The fourth-order valence-corrected chi connectivity index (χ4v) is 0. The van der Waals surface area contributed by atoms with Gasteiger partial charge >= 0.3 is 85.4 Å².